The molecule has 1 saturated carbocycles. The van der Waals surface area contributed by atoms with Crippen LogP contribution in [0.15, 0.2) is 12.1 Å². The van der Waals surface area contributed by atoms with Crippen molar-refractivity contribution < 1.29 is 9.47 Å². The quantitative estimate of drug-likeness (QED) is 0.799. The first kappa shape index (κ1) is 14.2. The zero-order valence-corrected chi connectivity index (χ0v) is 13.1. The van der Waals surface area contributed by atoms with Gasteiger partial charge in [-0.25, -0.2) is 0 Å². The lowest BCUT2D eigenvalue weighted by atomic mass is 9.65. The summed E-state index contributed by atoms with van der Waals surface area (Å²) in [5.41, 5.74) is 2.86. The van der Waals surface area contributed by atoms with Crippen LogP contribution >= 0.6 is 0 Å². The Bertz CT molecular complexity index is 476. The van der Waals surface area contributed by atoms with Crippen LogP contribution in [0.5, 0.6) is 11.5 Å². The fourth-order valence-corrected chi connectivity index (χ4v) is 3.55. The first-order valence-corrected chi connectivity index (χ1v) is 7.09. The molecule has 2 nitrogen and oxygen atoms in total. The summed E-state index contributed by atoms with van der Waals surface area (Å²) >= 11 is 0. The molecular formula is C17H26O2. The number of benzene rings is 1. The summed E-state index contributed by atoms with van der Waals surface area (Å²) in [4.78, 5) is 0. The van der Waals surface area contributed by atoms with E-state index in [-0.39, 0.29) is 5.41 Å². The molecule has 0 aromatic heterocycles. The maximum Gasteiger partial charge on any atom is 0.164 e. The van der Waals surface area contributed by atoms with Crippen molar-refractivity contribution >= 4 is 0 Å². The summed E-state index contributed by atoms with van der Waals surface area (Å²) in [6.45, 7) is 9.16. The molecule has 0 heterocycles. The Hall–Kier alpha value is -1.18. The zero-order valence-electron chi connectivity index (χ0n) is 13.1. The standard InChI is InChI=1S/C17H26O2/c1-12-8-9-13(15(19-6)14(12)18-5)17(4)11-7-10-16(17,2)3/h8-9H,7,10-11H2,1-6H3. The molecule has 19 heavy (non-hydrogen) atoms. The largest absolute Gasteiger partial charge is 0.493 e. The summed E-state index contributed by atoms with van der Waals surface area (Å²) < 4.78 is 11.2. The van der Waals surface area contributed by atoms with E-state index in [1.54, 1.807) is 14.2 Å². The fourth-order valence-electron chi connectivity index (χ4n) is 3.55. The van der Waals surface area contributed by atoms with Gasteiger partial charge in [-0.05, 0) is 30.7 Å². The minimum absolute atomic E-state index is 0.152. The molecule has 0 N–H and O–H groups in total. The van der Waals surface area contributed by atoms with Gasteiger partial charge in [0, 0.05) is 11.0 Å². The number of aryl methyl sites for hydroxylation is 1. The van der Waals surface area contributed by atoms with Crippen LogP contribution in [0.2, 0.25) is 0 Å². The van der Waals surface area contributed by atoms with E-state index >= 15 is 0 Å². The van der Waals surface area contributed by atoms with Gasteiger partial charge < -0.3 is 9.47 Å². The first-order chi connectivity index (χ1) is 8.87. The van der Waals surface area contributed by atoms with Crippen LogP contribution in [-0.4, -0.2) is 14.2 Å². The molecule has 0 saturated heterocycles. The first-order valence-electron chi connectivity index (χ1n) is 7.09. The van der Waals surface area contributed by atoms with Crippen molar-refractivity contribution in [2.45, 2.75) is 52.4 Å². The van der Waals surface area contributed by atoms with Crippen LogP contribution in [-0.2, 0) is 5.41 Å². The predicted molar refractivity (Wildman–Crippen MR) is 79.3 cm³/mol. The van der Waals surface area contributed by atoms with Gasteiger partial charge in [0.2, 0.25) is 0 Å². The number of ether oxygens (including phenoxy) is 2. The minimum atomic E-state index is 0.152. The smallest absolute Gasteiger partial charge is 0.164 e. The summed E-state index contributed by atoms with van der Waals surface area (Å²) in [5.74, 6) is 1.80. The van der Waals surface area contributed by atoms with Crippen LogP contribution in [0, 0.1) is 12.3 Å². The van der Waals surface area contributed by atoms with Gasteiger partial charge in [0.25, 0.3) is 0 Å². The molecule has 1 atom stereocenters. The van der Waals surface area contributed by atoms with Crippen LogP contribution in [0.1, 0.15) is 51.2 Å². The monoisotopic (exact) mass is 262 g/mol. The Morgan fingerprint density at radius 1 is 0.947 bits per heavy atom. The van der Waals surface area contributed by atoms with E-state index < -0.39 is 0 Å². The topological polar surface area (TPSA) is 18.5 Å². The second-order valence-corrected chi connectivity index (χ2v) is 6.57. The third-order valence-electron chi connectivity index (χ3n) is 5.28. The van der Waals surface area contributed by atoms with Crippen molar-refractivity contribution in [3.63, 3.8) is 0 Å². The highest BCUT2D eigenvalue weighted by Gasteiger charge is 2.48. The Labute approximate surface area is 117 Å². The van der Waals surface area contributed by atoms with Gasteiger partial charge in [-0.2, -0.15) is 0 Å². The lowest BCUT2D eigenvalue weighted by Crippen LogP contribution is -2.34. The summed E-state index contributed by atoms with van der Waals surface area (Å²) in [7, 11) is 3.46. The number of methoxy groups -OCH3 is 2. The lowest BCUT2D eigenvalue weighted by molar-refractivity contribution is 0.216. The fraction of sp³-hybridized carbons (Fsp3) is 0.647. The van der Waals surface area contributed by atoms with E-state index in [2.05, 4.69) is 39.8 Å². The van der Waals surface area contributed by atoms with Gasteiger partial charge in [0.05, 0.1) is 14.2 Å². The highest BCUT2D eigenvalue weighted by Crippen LogP contribution is 2.57. The second-order valence-electron chi connectivity index (χ2n) is 6.57. The molecule has 0 bridgehead atoms. The third-order valence-corrected chi connectivity index (χ3v) is 5.28. The molecule has 1 aromatic rings. The summed E-state index contributed by atoms with van der Waals surface area (Å²) in [5, 5.41) is 0. The number of hydrogen-bond donors (Lipinski definition) is 0. The SMILES string of the molecule is COc1c(C)ccc(C2(C)CCCC2(C)C)c1OC. The van der Waals surface area contributed by atoms with E-state index in [0.29, 0.717) is 5.41 Å². The molecular weight excluding hydrogens is 236 g/mol. The molecule has 0 amide bonds. The summed E-state index contributed by atoms with van der Waals surface area (Å²) in [6, 6.07) is 4.38. The molecule has 1 aromatic carbocycles. The van der Waals surface area contributed by atoms with E-state index in [4.69, 9.17) is 9.47 Å². The summed E-state index contributed by atoms with van der Waals surface area (Å²) in [6.07, 6.45) is 3.76. The van der Waals surface area contributed by atoms with Gasteiger partial charge >= 0.3 is 0 Å². The van der Waals surface area contributed by atoms with Crippen molar-refractivity contribution in [1.82, 2.24) is 0 Å². The molecule has 1 unspecified atom stereocenters. The maximum atomic E-state index is 5.69. The lowest BCUT2D eigenvalue weighted by Gasteiger charge is -2.40. The minimum Gasteiger partial charge on any atom is -0.493 e. The maximum absolute atomic E-state index is 5.69. The van der Waals surface area contributed by atoms with Crippen LogP contribution in [0.4, 0.5) is 0 Å². The van der Waals surface area contributed by atoms with Crippen LogP contribution < -0.4 is 9.47 Å². The molecule has 0 aliphatic heterocycles. The van der Waals surface area contributed by atoms with E-state index in [9.17, 15) is 0 Å². The highest BCUT2D eigenvalue weighted by molar-refractivity contribution is 5.55. The van der Waals surface area contributed by atoms with Crippen LogP contribution in [0.25, 0.3) is 0 Å². The molecule has 106 valence electrons. The normalized spacial score (nSPS) is 25.4. The second kappa shape index (κ2) is 4.73. The Morgan fingerprint density at radius 3 is 2.05 bits per heavy atom. The molecule has 1 aliphatic rings. The van der Waals surface area contributed by atoms with Gasteiger partial charge in [0.1, 0.15) is 0 Å². The zero-order chi connectivity index (χ0) is 14.3. The van der Waals surface area contributed by atoms with E-state index in [1.807, 2.05) is 0 Å². The van der Waals surface area contributed by atoms with Gasteiger partial charge in [-0.15, -0.1) is 0 Å². The van der Waals surface area contributed by atoms with Gasteiger partial charge in [-0.1, -0.05) is 39.3 Å². The van der Waals surface area contributed by atoms with Crippen molar-refractivity contribution in [2.75, 3.05) is 14.2 Å². The Morgan fingerprint density at radius 2 is 1.58 bits per heavy atom. The molecule has 0 radical (unpaired) electrons. The average Bonchev–Trinajstić information content (AvgIpc) is 2.63. The molecule has 2 heteroatoms. The number of hydrogen-bond acceptors (Lipinski definition) is 2. The van der Waals surface area contributed by atoms with Crippen molar-refractivity contribution in [2.24, 2.45) is 5.41 Å². The molecule has 1 fully saturated rings. The van der Waals surface area contributed by atoms with Crippen molar-refractivity contribution in [3.05, 3.63) is 23.3 Å². The van der Waals surface area contributed by atoms with E-state index in [1.165, 1.54) is 24.8 Å². The number of rotatable bonds is 3. The molecule has 2 rings (SSSR count). The highest BCUT2D eigenvalue weighted by atomic mass is 16.5. The molecule has 0 spiro atoms. The van der Waals surface area contributed by atoms with Crippen LogP contribution in [0.3, 0.4) is 0 Å². The van der Waals surface area contributed by atoms with Crippen molar-refractivity contribution in [3.8, 4) is 11.5 Å². The third kappa shape index (κ3) is 2.01. The molecule has 1 aliphatic carbocycles. The Balaban J connectivity index is 2.63. The van der Waals surface area contributed by atoms with E-state index in [0.717, 1.165) is 17.1 Å². The van der Waals surface area contributed by atoms with Gasteiger partial charge in [0.15, 0.2) is 11.5 Å². The van der Waals surface area contributed by atoms with Gasteiger partial charge in [-0.3, -0.25) is 0 Å². The Kier molecular flexibility index (Phi) is 3.55. The average molecular weight is 262 g/mol. The predicted octanol–water partition coefficient (Wildman–Crippen LogP) is 4.48. The van der Waals surface area contributed by atoms with Crippen molar-refractivity contribution in [1.29, 1.82) is 0 Å².